The second kappa shape index (κ2) is 9.45. The highest BCUT2D eigenvalue weighted by atomic mass is 16.1. The van der Waals surface area contributed by atoms with Crippen LogP contribution in [0.25, 0.3) is 0 Å². The van der Waals surface area contributed by atoms with Crippen LogP contribution in [0.5, 0.6) is 0 Å². The first-order valence-corrected chi connectivity index (χ1v) is 9.23. The minimum Gasteiger partial charge on any atom is -0.366 e. The molecular weight excluding hydrogens is 300 g/mol. The van der Waals surface area contributed by atoms with Gasteiger partial charge in [0.25, 0.3) is 0 Å². The topological polar surface area (TPSA) is 86.2 Å². The Morgan fingerprint density at radius 2 is 0.792 bits per heavy atom. The van der Waals surface area contributed by atoms with Gasteiger partial charge in [-0.3, -0.25) is 9.59 Å². The smallest absolute Gasteiger partial charge is 0.249 e. The van der Waals surface area contributed by atoms with Gasteiger partial charge in [0.2, 0.25) is 11.8 Å². The molecule has 0 bridgehead atoms. The van der Waals surface area contributed by atoms with E-state index in [1.165, 1.54) is 0 Å². The summed E-state index contributed by atoms with van der Waals surface area (Å²) < 4.78 is 0. The molecule has 0 radical (unpaired) electrons. The zero-order valence-corrected chi connectivity index (χ0v) is 15.6. The summed E-state index contributed by atoms with van der Waals surface area (Å²) in [5.41, 5.74) is 16.6. The van der Waals surface area contributed by atoms with Crippen LogP contribution in [0, 0.1) is 0 Å². The highest BCUT2D eigenvalue weighted by molar-refractivity contribution is 6.02. The minimum atomic E-state index is -0.382. The fraction of sp³-hybridized carbons (Fsp3) is 0.600. The number of hydrogen-bond acceptors (Lipinski definition) is 2. The van der Waals surface area contributed by atoms with Gasteiger partial charge in [-0.1, -0.05) is 53.4 Å². The Balaban J connectivity index is 3.97. The van der Waals surface area contributed by atoms with Gasteiger partial charge in [-0.2, -0.15) is 0 Å². The molecule has 1 aromatic carbocycles. The first-order valence-electron chi connectivity index (χ1n) is 9.23. The molecule has 0 saturated heterocycles. The van der Waals surface area contributed by atoms with Crippen molar-refractivity contribution in [1.82, 2.24) is 0 Å². The average molecular weight is 332 g/mol. The van der Waals surface area contributed by atoms with Gasteiger partial charge in [-0.25, -0.2) is 0 Å². The largest absolute Gasteiger partial charge is 0.366 e. The van der Waals surface area contributed by atoms with Crippen LogP contribution in [0.1, 0.15) is 96.3 Å². The Morgan fingerprint density at radius 3 is 0.917 bits per heavy atom. The number of benzene rings is 1. The fourth-order valence-electron chi connectivity index (χ4n) is 3.67. The molecule has 0 aliphatic heterocycles. The van der Waals surface area contributed by atoms with Gasteiger partial charge in [-0.15, -0.1) is 0 Å². The maximum Gasteiger partial charge on any atom is 0.249 e. The van der Waals surface area contributed by atoms with Gasteiger partial charge in [-0.05, 0) is 47.9 Å². The van der Waals surface area contributed by atoms with Crippen LogP contribution in [-0.4, -0.2) is 11.8 Å². The van der Waals surface area contributed by atoms with Crippen LogP contribution in [0.3, 0.4) is 0 Å². The molecule has 0 saturated carbocycles. The quantitative estimate of drug-likeness (QED) is 0.684. The molecule has 0 aromatic heterocycles. The molecule has 1 aromatic rings. The Kier molecular flexibility index (Phi) is 7.96. The molecular formula is C20H32N2O2. The molecule has 0 atom stereocenters. The van der Waals surface area contributed by atoms with E-state index < -0.39 is 0 Å². The van der Waals surface area contributed by atoms with Gasteiger partial charge in [0, 0.05) is 11.1 Å². The molecule has 4 nitrogen and oxygen atoms in total. The van der Waals surface area contributed by atoms with E-state index in [9.17, 15) is 9.59 Å². The zero-order valence-electron chi connectivity index (χ0n) is 15.6. The van der Waals surface area contributed by atoms with E-state index >= 15 is 0 Å². The first-order chi connectivity index (χ1) is 11.4. The summed E-state index contributed by atoms with van der Waals surface area (Å²) in [6, 6.07) is 0. The van der Waals surface area contributed by atoms with E-state index in [-0.39, 0.29) is 11.8 Å². The molecule has 0 fully saturated rings. The third-order valence-electron chi connectivity index (χ3n) is 4.43. The molecule has 0 heterocycles. The van der Waals surface area contributed by atoms with Crippen LogP contribution < -0.4 is 11.5 Å². The zero-order chi connectivity index (χ0) is 18.3. The molecule has 134 valence electrons. The van der Waals surface area contributed by atoms with Crippen LogP contribution in [-0.2, 0) is 25.7 Å². The van der Waals surface area contributed by atoms with Crippen molar-refractivity contribution in [3.05, 3.63) is 33.4 Å². The van der Waals surface area contributed by atoms with E-state index in [2.05, 4.69) is 27.7 Å². The normalized spacial score (nSPS) is 10.8. The van der Waals surface area contributed by atoms with Crippen LogP contribution in [0.15, 0.2) is 0 Å². The number of carbonyl (C=O) groups is 2. The van der Waals surface area contributed by atoms with Crippen molar-refractivity contribution in [3.63, 3.8) is 0 Å². The van der Waals surface area contributed by atoms with Crippen molar-refractivity contribution >= 4 is 11.8 Å². The average Bonchev–Trinajstić information content (AvgIpc) is 2.51. The lowest BCUT2D eigenvalue weighted by Gasteiger charge is -2.24. The third-order valence-corrected chi connectivity index (χ3v) is 4.43. The predicted octanol–water partition coefficient (Wildman–Crippen LogP) is 3.69. The van der Waals surface area contributed by atoms with Crippen molar-refractivity contribution in [2.45, 2.75) is 79.1 Å². The maximum absolute atomic E-state index is 12.3. The Hall–Kier alpha value is -1.84. The molecule has 2 amide bonds. The highest BCUT2D eigenvalue weighted by Crippen LogP contribution is 2.32. The lowest BCUT2D eigenvalue weighted by molar-refractivity contribution is 0.0985. The Bertz CT molecular complexity index is 516. The van der Waals surface area contributed by atoms with Gasteiger partial charge >= 0.3 is 0 Å². The van der Waals surface area contributed by atoms with Crippen LogP contribution >= 0.6 is 0 Å². The molecule has 4 N–H and O–H groups in total. The summed E-state index contributed by atoms with van der Waals surface area (Å²) in [5, 5.41) is 0. The molecule has 0 spiro atoms. The summed E-state index contributed by atoms with van der Waals surface area (Å²) in [6.45, 7) is 8.29. The van der Waals surface area contributed by atoms with E-state index in [1.54, 1.807) is 0 Å². The van der Waals surface area contributed by atoms with Crippen molar-refractivity contribution in [2.75, 3.05) is 0 Å². The molecule has 0 aliphatic rings. The number of rotatable bonds is 10. The van der Waals surface area contributed by atoms with Crippen molar-refractivity contribution in [2.24, 2.45) is 11.5 Å². The molecule has 0 unspecified atom stereocenters. The summed E-state index contributed by atoms with van der Waals surface area (Å²) in [4.78, 5) is 24.6. The molecule has 1 rings (SSSR count). The number of nitrogens with two attached hydrogens (primary N) is 2. The van der Waals surface area contributed by atoms with Gasteiger partial charge in [0.05, 0.1) is 0 Å². The Morgan fingerprint density at radius 1 is 0.583 bits per heavy atom. The second-order valence-corrected chi connectivity index (χ2v) is 6.39. The maximum atomic E-state index is 12.3. The van der Waals surface area contributed by atoms with Crippen LogP contribution in [0.2, 0.25) is 0 Å². The predicted molar refractivity (Wildman–Crippen MR) is 99.5 cm³/mol. The van der Waals surface area contributed by atoms with Crippen molar-refractivity contribution in [1.29, 1.82) is 0 Å². The molecule has 0 aliphatic carbocycles. The fourth-order valence-corrected chi connectivity index (χ4v) is 3.67. The van der Waals surface area contributed by atoms with E-state index in [1.807, 2.05) is 0 Å². The number of primary amides is 2. The van der Waals surface area contributed by atoms with Crippen molar-refractivity contribution in [3.8, 4) is 0 Å². The molecule has 24 heavy (non-hydrogen) atoms. The summed E-state index contributed by atoms with van der Waals surface area (Å²) in [5.74, 6) is -0.764. The van der Waals surface area contributed by atoms with Gasteiger partial charge in [0.1, 0.15) is 0 Å². The number of carbonyl (C=O) groups excluding carboxylic acids is 2. The number of hydrogen-bond donors (Lipinski definition) is 2. The number of amides is 2. The lowest BCUT2D eigenvalue weighted by atomic mass is 9.80. The highest BCUT2D eigenvalue weighted by Gasteiger charge is 2.26. The Labute approximate surface area is 146 Å². The lowest BCUT2D eigenvalue weighted by Crippen LogP contribution is -2.26. The van der Waals surface area contributed by atoms with E-state index in [0.717, 1.165) is 73.6 Å². The van der Waals surface area contributed by atoms with Gasteiger partial charge in [0.15, 0.2) is 0 Å². The van der Waals surface area contributed by atoms with Crippen molar-refractivity contribution < 1.29 is 9.59 Å². The summed E-state index contributed by atoms with van der Waals surface area (Å²) >= 11 is 0. The molecule has 4 heteroatoms. The summed E-state index contributed by atoms with van der Waals surface area (Å²) in [6.07, 6.45) is 6.57. The third kappa shape index (κ3) is 4.16. The summed E-state index contributed by atoms with van der Waals surface area (Å²) in [7, 11) is 0. The SMILES string of the molecule is CCCc1c(CCC)c(C(N)=O)c(CCC)c(CCC)c1C(N)=O. The van der Waals surface area contributed by atoms with Crippen LogP contribution in [0.4, 0.5) is 0 Å². The monoisotopic (exact) mass is 332 g/mol. The second-order valence-electron chi connectivity index (χ2n) is 6.39. The van der Waals surface area contributed by atoms with E-state index in [4.69, 9.17) is 11.5 Å². The minimum absolute atomic E-state index is 0.382. The van der Waals surface area contributed by atoms with Gasteiger partial charge < -0.3 is 11.5 Å². The standard InChI is InChI=1S/C20H32N2O2/c1-5-9-13-14(10-6-2)18(20(22)24)16(12-8-4)15(11-7-3)17(13)19(21)23/h5-12H2,1-4H3,(H2,21,23)(H2,22,24). The van der Waals surface area contributed by atoms with E-state index in [0.29, 0.717) is 11.1 Å². The first kappa shape index (κ1) is 20.2.